The molecule has 24 heavy (non-hydrogen) atoms. The third kappa shape index (κ3) is 2.44. The van der Waals surface area contributed by atoms with E-state index in [9.17, 15) is 4.79 Å². The Morgan fingerprint density at radius 1 is 1.17 bits per heavy atom. The lowest BCUT2D eigenvalue weighted by Crippen LogP contribution is -1.98. The number of hydrogen-bond acceptors (Lipinski definition) is 5. The summed E-state index contributed by atoms with van der Waals surface area (Å²) in [5.41, 5.74) is 3.86. The zero-order valence-electron chi connectivity index (χ0n) is 12.9. The van der Waals surface area contributed by atoms with Gasteiger partial charge in [-0.1, -0.05) is 18.2 Å². The Labute approximate surface area is 137 Å². The molecule has 4 rings (SSSR count). The van der Waals surface area contributed by atoms with E-state index in [1.54, 1.807) is 35.0 Å². The fourth-order valence-corrected chi connectivity index (χ4v) is 2.60. The summed E-state index contributed by atoms with van der Waals surface area (Å²) in [5, 5.41) is 12.9. The van der Waals surface area contributed by atoms with E-state index in [0.717, 1.165) is 22.0 Å². The van der Waals surface area contributed by atoms with Gasteiger partial charge in [-0.3, -0.25) is 9.78 Å². The van der Waals surface area contributed by atoms with E-state index in [2.05, 4.69) is 20.5 Å². The normalized spacial score (nSPS) is 11.5. The maximum Gasteiger partial charge on any atom is 0.204 e. The average Bonchev–Trinajstić information content (AvgIpc) is 3.10. The summed E-state index contributed by atoms with van der Waals surface area (Å²) in [6, 6.07) is 13.3. The first-order valence-corrected chi connectivity index (χ1v) is 7.47. The second-order valence-electron chi connectivity index (χ2n) is 5.49. The van der Waals surface area contributed by atoms with Crippen molar-refractivity contribution in [2.45, 2.75) is 6.92 Å². The van der Waals surface area contributed by atoms with Gasteiger partial charge in [-0.2, -0.15) is 4.52 Å². The minimum Gasteiger partial charge on any atom is -0.288 e. The van der Waals surface area contributed by atoms with Crippen molar-refractivity contribution in [2.75, 3.05) is 0 Å². The first-order chi connectivity index (χ1) is 11.7. The number of tetrazole rings is 1. The molecule has 0 aliphatic heterocycles. The third-order valence-corrected chi connectivity index (χ3v) is 3.78. The van der Waals surface area contributed by atoms with Gasteiger partial charge in [0, 0.05) is 17.1 Å². The Morgan fingerprint density at radius 3 is 2.92 bits per heavy atom. The molecule has 116 valence electrons. The van der Waals surface area contributed by atoms with Crippen molar-refractivity contribution in [3.8, 4) is 0 Å². The lowest BCUT2D eigenvalue weighted by Gasteiger charge is -2.04. The highest BCUT2D eigenvalue weighted by Gasteiger charge is 2.09. The van der Waals surface area contributed by atoms with Crippen molar-refractivity contribution in [2.24, 2.45) is 0 Å². The lowest BCUT2D eigenvalue weighted by atomic mass is 10.1. The van der Waals surface area contributed by atoms with Gasteiger partial charge in [0.05, 0.1) is 5.52 Å². The maximum atomic E-state index is 12.2. The molecule has 0 saturated heterocycles. The van der Waals surface area contributed by atoms with Crippen LogP contribution in [0, 0.1) is 6.92 Å². The Hall–Kier alpha value is -3.41. The van der Waals surface area contributed by atoms with E-state index in [1.165, 1.54) is 6.08 Å². The van der Waals surface area contributed by atoms with Gasteiger partial charge in [0.1, 0.15) is 5.69 Å². The summed E-state index contributed by atoms with van der Waals surface area (Å²) < 4.78 is 1.69. The number of aryl methyl sites for hydroxylation is 1. The lowest BCUT2D eigenvalue weighted by molar-refractivity contribution is 0.104. The van der Waals surface area contributed by atoms with Crippen LogP contribution in [-0.4, -0.2) is 30.8 Å². The van der Waals surface area contributed by atoms with E-state index in [0.29, 0.717) is 11.3 Å². The van der Waals surface area contributed by atoms with Crippen LogP contribution in [0.25, 0.3) is 22.6 Å². The van der Waals surface area contributed by atoms with Gasteiger partial charge in [-0.15, -0.1) is 5.10 Å². The average molecular weight is 315 g/mol. The van der Waals surface area contributed by atoms with Crippen molar-refractivity contribution >= 4 is 28.4 Å². The molecule has 0 aliphatic rings. The predicted molar refractivity (Wildman–Crippen MR) is 90.6 cm³/mol. The molecule has 0 N–H and O–H groups in total. The molecule has 0 unspecified atom stereocenters. The highest BCUT2D eigenvalue weighted by atomic mass is 16.1. The Morgan fingerprint density at radius 2 is 2.08 bits per heavy atom. The van der Waals surface area contributed by atoms with Crippen LogP contribution in [0.2, 0.25) is 0 Å². The van der Waals surface area contributed by atoms with E-state index in [-0.39, 0.29) is 5.78 Å². The molecule has 0 fully saturated rings. The van der Waals surface area contributed by atoms with Gasteiger partial charge in [-0.05, 0) is 59.3 Å². The topological polar surface area (TPSA) is 73.0 Å². The summed E-state index contributed by atoms with van der Waals surface area (Å²) in [5.74, 6) is -0.162. The SMILES string of the molecule is Cc1ccc2cc(/C=C/C(=O)c3ccccn3)c3nnnn3c2c1. The van der Waals surface area contributed by atoms with Gasteiger partial charge in [0.15, 0.2) is 5.65 Å². The number of carbonyl (C=O) groups is 1. The summed E-state index contributed by atoms with van der Waals surface area (Å²) in [6.45, 7) is 2.02. The molecule has 0 aliphatic carbocycles. The number of carbonyl (C=O) groups excluding carboxylic acids is 1. The fourth-order valence-electron chi connectivity index (χ4n) is 2.60. The van der Waals surface area contributed by atoms with Gasteiger partial charge in [-0.25, -0.2) is 0 Å². The minimum absolute atomic E-state index is 0.162. The van der Waals surface area contributed by atoms with Crippen LogP contribution in [-0.2, 0) is 0 Å². The van der Waals surface area contributed by atoms with Crippen molar-refractivity contribution in [1.82, 2.24) is 25.0 Å². The molecule has 1 aromatic carbocycles. The van der Waals surface area contributed by atoms with Crippen LogP contribution in [0.3, 0.4) is 0 Å². The number of benzene rings is 1. The number of ketones is 1. The largest absolute Gasteiger partial charge is 0.288 e. The number of aromatic nitrogens is 5. The van der Waals surface area contributed by atoms with E-state index < -0.39 is 0 Å². The monoisotopic (exact) mass is 315 g/mol. The quantitative estimate of drug-likeness (QED) is 0.429. The number of pyridine rings is 2. The Balaban J connectivity index is 1.81. The van der Waals surface area contributed by atoms with Crippen molar-refractivity contribution in [3.63, 3.8) is 0 Å². The van der Waals surface area contributed by atoms with Crippen LogP contribution in [0.1, 0.15) is 21.6 Å². The van der Waals surface area contributed by atoms with Gasteiger partial charge in [0.2, 0.25) is 5.78 Å². The number of nitrogens with zero attached hydrogens (tertiary/aromatic N) is 5. The highest BCUT2D eigenvalue weighted by Crippen LogP contribution is 2.21. The number of allylic oxidation sites excluding steroid dienone is 1. The van der Waals surface area contributed by atoms with Crippen molar-refractivity contribution < 1.29 is 4.79 Å². The molecular weight excluding hydrogens is 302 g/mol. The number of hydrogen-bond donors (Lipinski definition) is 0. The van der Waals surface area contributed by atoms with Crippen LogP contribution in [0.15, 0.2) is 54.7 Å². The third-order valence-electron chi connectivity index (χ3n) is 3.78. The highest BCUT2D eigenvalue weighted by molar-refractivity contribution is 6.06. The molecule has 0 amide bonds. The molecule has 0 spiro atoms. The van der Waals surface area contributed by atoms with Crippen LogP contribution in [0.5, 0.6) is 0 Å². The van der Waals surface area contributed by atoms with Gasteiger partial charge < -0.3 is 0 Å². The maximum absolute atomic E-state index is 12.2. The first-order valence-electron chi connectivity index (χ1n) is 7.47. The smallest absolute Gasteiger partial charge is 0.204 e. The molecule has 3 heterocycles. The van der Waals surface area contributed by atoms with Crippen LogP contribution < -0.4 is 0 Å². The van der Waals surface area contributed by atoms with Crippen LogP contribution >= 0.6 is 0 Å². The second-order valence-corrected chi connectivity index (χ2v) is 5.49. The first kappa shape index (κ1) is 14.2. The molecule has 3 aromatic heterocycles. The number of fused-ring (bicyclic) bond motifs is 3. The predicted octanol–water partition coefficient (Wildman–Crippen LogP) is 2.88. The van der Waals surface area contributed by atoms with Crippen molar-refractivity contribution in [3.05, 3.63) is 71.6 Å². The van der Waals surface area contributed by atoms with E-state index in [1.807, 2.05) is 31.2 Å². The standard InChI is InChI=1S/C18H13N5O/c1-12-5-6-13-11-14(18-20-21-22-23(18)16(13)10-12)7-8-17(24)15-4-2-3-9-19-15/h2-11H,1H3/b8-7+. The molecule has 0 bridgehead atoms. The summed E-state index contributed by atoms with van der Waals surface area (Å²) in [7, 11) is 0. The van der Waals surface area contributed by atoms with Crippen LogP contribution in [0.4, 0.5) is 0 Å². The molecule has 0 atom stereocenters. The number of rotatable bonds is 3. The zero-order chi connectivity index (χ0) is 16.5. The molecular formula is C18H13N5O. The molecule has 6 heteroatoms. The molecule has 6 nitrogen and oxygen atoms in total. The van der Waals surface area contributed by atoms with Crippen molar-refractivity contribution in [1.29, 1.82) is 0 Å². The minimum atomic E-state index is -0.162. The molecule has 0 radical (unpaired) electrons. The molecule has 4 aromatic rings. The Bertz CT molecular complexity index is 1080. The Kier molecular flexibility index (Phi) is 3.35. The summed E-state index contributed by atoms with van der Waals surface area (Å²) in [4.78, 5) is 16.2. The zero-order valence-corrected chi connectivity index (χ0v) is 12.9. The fraction of sp³-hybridized carbons (Fsp3) is 0.0556. The summed E-state index contributed by atoms with van der Waals surface area (Å²) >= 11 is 0. The van der Waals surface area contributed by atoms with E-state index in [4.69, 9.17) is 0 Å². The van der Waals surface area contributed by atoms with E-state index >= 15 is 0 Å². The van der Waals surface area contributed by atoms with Gasteiger partial charge >= 0.3 is 0 Å². The van der Waals surface area contributed by atoms with Gasteiger partial charge in [0.25, 0.3) is 0 Å². The summed E-state index contributed by atoms with van der Waals surface area (Å²) in [6.07, 6.45) is 4.81. The molecule has 0 saturated carbocycles. The second kappa shape index (κ2) is 5.66.